The first-order valence-electron chi connectivity index (χ1n) is 6.92. The van der Waals surface area contributed by atoms with Gasteiger partial charge in [0.05, 0.1) is 0 Å². The standard InChI is InChI=1S/C15H14BF2N3O/c1-8-5-9(2)20-14(8)13(7-22)15-10(3)12(6-19)11(4)21(15)16(20,17)18/h5,7H,1-4H3. The van der Waals surface area contributed by atoms with E-state index >= 15 is 8.63 Å². The summed E-state index contributed by atoms with van der Waals surface area (Å²) in [5.41, 5.74) is 2.45. The molecule has 0 N–H and O–H groups in total. The molecule has 4 nitrogen and oxygen atoms in total. The second-order valence-corrected chi connectivity index (χ2v) is 5.72. The first kappa shape index (κ1) is 14.5. The van der Waals surface area contributed by atoms with Gasteiger partial charge in [0.15, 0.2) is 17.7 Å². The summed E-state index contributed by atoms with van der Waals surface area (Å²) >= 11 is 0. The van der Waals surface area contributed by atoms with E-state index in [1.54, 1.807) is 26.8 Å². The van der Waals surface area contributed by atoms with Crippen LogP contribution in [0.1, 0.15) is 30.8 Å². The van der Waals surface area contributed by atoms with Crippen molar-refractivity contribution in [2.24, 2.45) is 0 Å². The van der Waals surface area contributed by atoms with Crippen LogP contribution in [0.15, 0.2) is 22.9 Å². The van der Waals surface area contributed by atoms with Gasteiger partial charge in [-0.15, -0.1) is 0 Å². The molecular formula is C15H14BF2N3O. The number of aromatic nitrogens is 1. The molecule has 3 rings (SSSR count). The lowest BCUT2D eigenvalue weighted by Gasteiger charge is -2.32. The Hall–Kier alpha value is -2.49. The molecule has 0 saturated heterocycles. The molecule has 0 unspecified atom stereocenters. The van der Waals surface area contributed by atoms with E-state index in [0.717, 1.165) is 8.96 Å². The Kier molecular flexibility index (Phi) is 2.80. The quantitative estimate of drug-likeness (QED) is 0.591. The third-order valence-electron chi connectivity index (χ3n) is 4.48. The maximum Gasteiger partial charge on any atom is 0.737 e. The average Bonchev–Trinajstić information content (AvgIpc) is 2.87. The molecule has 0 bridgehead atoms. The van der Waals surface area contributed by atoms with Crippen LogP contribution in [0, 0.1) is 25.2 Å². The first-order chi connectivity index (χ1) is 10.3. The number of hydrogen-bond donors (Lipinski definition) is 0. The van der Waals surface area contributed by atoms with E-state index in [1.807, 2.05) is 6.07 Å². The summed E-state index contributed by atoms with van der Waals surface area (Å²) in [7, 11) is 0. The van der Waals surface area contributed by atoms with Gasteiger partial charge in [-0.1, -0.05) is 0 Å². The second-order valence-electron chi connectivity index (χ2n) is 5.72. The van der Waals surface area contributed by atoms with Crippen molar-refractivity contribution in [3.8, 4) is 6.07 Å². The van der Waals surface area contributed by atoms with Crippen molar-refractivity contribution >= 4 is 24.5 Å². The van der Waals surface area contributed by atoms with Gasteiger partial charge in [-0.05, 0) is 38.1 Å². The van der Waals surface area contributed by atoms with E-state index in [2.05, 4.69) is 0 Å². The van der Waals surface area contributed by atoms with E-state index < -0.39 is 6.97 Å². The molecule has 0 aromatic carbocycles. The molecular weight excluding hydrogens is 287 g/mol. The van der Waals surface area contributed by atoms with Crippen LogP contribution in [0.4, 0.5) is 8.63 Å². The maximum absolute atomic E-state index is 15.1. The number of carbonyl (C=O) groups excluding carboxylic acids is 1. The van der Waals surface area contributed by atoms with Crippen LogP contribution in [0.5, 0.6) is 0 Å². The van der Waals surface area contributed by atoms with E-state index in [-0.39, 0.29) is 28.2 Å². The van der Waals surface area contributed by atoms with Crippen LogP contribution in [0.25, 0.3) is 5.57 Å². The number of aldehydes is 1. The van der Waals surface area contributed by atoms with Gasteiger partial charge in [0.2, 0.25) is 0 Å². The number of nitriles is 1. The summed E-state index contributed by atoms with van der Waals surface area (Å²) in [6.07, 6.45) is 0.600. The fraction of sp³-hybridized carbons (Fsp3) is 0.267. The Bertz CT molecular complexity index is 881. The Balaban J connectivity index is 2.55. The van der Waals surface area contributed by atoms with Gasteiger partial charge in [0.25, 0.3) is 0 Å². The summed E-state index contributed by atoms with van der Waals surface area (Å²) in [6, 6.07) is 3.62. The molecule has 0 amide bonds. The summed E-state index contributed by atoms with van der Waals surface area (Å²) in [5, 5.41) is 9.25. The molecule has 0 aliphatic carbocycles. The molecule has 3 heterocycles. The van der Waals surface area contributed by atoms with Gasteiger partial charge in [0, 0.05) is 18.2 Å². The van der Waals surface area contributed by atoms with Crippen molar-refractivity contribution in [3.63, 3.8) is 0 Å². The van der Waals surface area contributed by atoms with Gasteiger partial charge >= 0.3 is 6.97 Å². The molecule has 0 radical (unpaired) electrons. The average molecular weight is 301 g/mol. The molecule has 0 atom stereocenters. The first-order valence-corrected chi connectivity index (χ1v) is 6.92. The Morgan fingerprint density at radius 1 is 1.32 bits per heavy atom. The molecule has 0 saturated carbocycles. The fourth-order valence-corrected chi connectivity index (χ4v) is 3.64. The van der Waals surface area contributed by atoms with Crippen LogP contribution in [-0.4, -0.2) is 27.9 Å². The van der Waals surface area contributed by atoms with E-state index in [4.69, 9.17) is 0 Å². The number of fused-ring (bicyclic) bond motifs is 2. The molecule has 112 valence electrons. The highest BCUT2D eigenvalue weighted by Crippen LogP contribution is 2.41. The van der Waals surface area contributed by atoms with Crippen LogP contribution < -0.4 is 0 Å². The number of halogens is 2. The zero-order valence-electron chi connectivity index (χ0n) is 12.7. The van der Waals surface area contributed by atoms with Gasteiger partial charge in [-0.3, -0.25) is 4.79 Å². The van der Waals surface area contributed by atoms with Crippen LogP contribution in [0.2, 0.25) is 0 Å². The monoisotopic (exact) mass is 301 g/mol. The number of rotatable bonds is 1. The third-order valence-corrected chi connectivity index (χ3v) is 4.48. The highest BCUT2D eigenvalue weighted by molar-refractivity contribution is 6.58. The summed E-state index contributed by atoms with van der Waals surface area (Å²) < 4.78 is 32.0. The smallest absolute Gasteiger partial charge is 0.393 e. The number of hydrogen-bond acceptors (Lipinski definition) is 2. The molecule has 2 aliphatic heterocycles. The Morgan fingerprint density at radius 2 is 1.95 bits per heavy atom. The molecule has 1 aromatic heterocycles. The molecule has 2 aliphatic rings. The molecule has 0 fully saturated rings. The van der Waals surface area contributed by atoms with Crippen LogP contribution >= 0.6 is 0 Å². The Labute approximate surface area is 126 Å². The zero-order chi connectivity index (χ0) is 16.4. The molecule has 0 spiro atoms. The predicted octanol–water partition coefficient (Wildman–Crippen LogP) is 2.58. The lowest BCUT2D eigenvalue weighted by atomic mass is 9.86. The summed E-state index contributed by atoms with van der Waals surface area (Å²) in [5.74, 6) is 0. The highest BCUT2D eigenvalue weighted by Gasteiger charge is 2.56. The van der Waals surface area contributed by atoms with Gasteiger partial charge in [-0.2, -0.15) is 5.26 Å². The lowest BCUT2D eigenvalue weighted by molar-refractivity contribution is -0.363. The third kappa shape index (κ3) is 1.44. The van der Waals surface area contributed by atoms with Crippen LogP contribution in [0.3, 0.4) is 0 Å². The topological polar surface area (TPSA) is 48.8 Å². The normalized spacial score (nSPS) is 19.3. The molecule has 7 heteroatoms. The SMILES string of the molecule is CC1=C(C#N)C(C)=[N+]2C1=C(C=O)c1c(C)cc(C)n1[B-]2(F)F. The molecule has 1 aromatic rings. The lowest BCUT2D eigenvalue weighted by Crippen LogP contribution is -2.51. The number of allylic oxidation sites excluding steroid dienone is 3. The van der Waals surface area contributed by atoms with Gasteiger partial charge in [-0.25, -0.2) is 0 Å². The summed E-state index contributed by atoms with van der Waals surface area (Å²) in [6.45, 7) is 2.26. The minimum Gasteiger partial charge on any atom is -0.393 e. The number of nitrogens with zero attached hydrogens (tertiary/aromatic N) is 3. The van der Waals surface area contributed by atoms with Crippen molar-refractivity contribution in [1.29, 1.82) is 5.26 Å². The van der Waals surface area contributed by atoms with Crippen molar-refractivity contribution in [3.05, 3.63) is 39.9 Å². The Morgan fingerprint density at radius 3 is 2.50 bits per heavy atom. The van der Waals surface area contributed by atoms with Crippen molar-refractivity contribution in [2.45, 2.75) is 27.7 Å². The number of carbonyl (C=O) groups is 1. The van der Waals surface area contributed by atoms with Crippen molar-refractivity contribution in [1.82, 2.24) is 4.48 Å². The second kappa shape index (κ2) is 4.26. The minimum absolute atomic E-state index is 0.155. The van der Waals surface area contributed by atoms with Crippen molar-refractivity contribution < 1.29 is 17.9 Å². The van der Waals surface area contributed by atoms with E-state index in [1.165, 1.54) is 6.92 Å². The van der Waals surface area contributed by atoms with Crippen molar-refractivity contribution in [2.75, 3.05) is 0 Å². The maximum atomic E-state index is 15.1. The fourth-order valence-electron chi connectivity index (χ4n) is 3.64. The van der Waals surface area contributed by atoms with Crippen LogP contribution in [-0.2, 0) is 4.79 Å². The molecule has 22 heavy (non-hydrogen) atoms. The number of aryl methyl sites for hydroxylation is 2. The minimum atomic E-state index is -4.14. The van der Waals surface area contributed by atoms with E-state index in [0.29, 0.717) is 23.1 Å². The highest BCUT2D eigenvalue weighted by atomic mass is 19.2. The van der Waals surface area contributed by atoms with E-state index in [9.17, 15) is 10.1 Å². The largest absolute Gasteiger partial charge is 0.737 e. The van der Waals surface area contributed by atoms with Gasteiger partial charge in [0.1, 0.15) is 17.2 Å². The summed E-state index contributed by atoms with van der Waals surface area (Å²) in [4.78, 5) is 11.6. The van der Waals surface area contributed by atoms with Gasteiger partial charge < -0.3 is 17.6 Å². The predicted molar refractivity (Wildman–Crippen MR) is 79.5 cm³/mol. The zero-order valence-corrected chi connectivity index (χ0v) is 12.7.